The minimum Gasteiger partial charge on any atom is -0.358 e. The van der Waals surface area contributed by atoms with Gasteiger partial charge in [-0.05, 0) is 53.7 Å². The minimum atomic E-state index is 0.605. The Hall–Kier alpha value is -1.39. The van der Waals surface area contributed by atoms with Crippen LogP contribution < -0.4 is 10.6 Å². The van der Waals surface area contributed by atoms with Gasteiger partial charge in [-0.1, -0.05) is 32.0 Å². The van der Waals surface area contributed by atoms with Gasteiger partial charge < -0.3 is 10.6 Å². The number of thiophene rings is 1. The SMILES string of the molecule is CC[C@H](C)c1ccc(NC(=S)NCc2cccs2)cc1. The Labute approximate surface area is 130 Å². The molecule has 0 spiro atoms. The third kappa shape index (κ3) is 4.32. The van der Waals surface area contributed by atoms with Crippen molar-refractivity contribution in [1.82, 2.24) is 5.32 Å². The average molecular weight is 304 g/mol. The molecule has 2 nitrogen and oxygen atoms in total. The molecule has 0 aliphatic carbocycles. The molecule has 2 aromatic rings. The Bertz CT molecular complexity index is 532. The van der Waals surface area contributed by atoms with Crippen LogP contribution in [0, 0.1) is 0 Å². The van der Waals surface area contributed by atoms with Crippen LogP contribution in [0.3, 0.4) is 0 Å². The van der Waals surface area contributed by atoms with Gasteiger partial charge in [0.25, 0.3) is 0 Å². The first-order valence-corrected chi connectivity index (χ1v) is 8.15. The summed E-state index contributed by atoms with van der Waals surface area (Å²) in [6.45, 7) is 5.23. The van der Waals surface area contributed by atoms with E-state index in [-0.39, 0.29) is 0 Å². The zero-order chi connectivity index (χ0) is 14.4. The van der Waals surface area contributed by atoms with Crippen molar-refractivity contribution in [1.29, 1.82) is 0 Å². The van der Waals surface area contributed by atoms with Crippen LogP contribution in [0.25, 0.3) is 0 Å². The second kappa shape index (κ2) is 7.41. The lowest BCUT2D eigenvalue weighted by molar-refractivity contribution is 0.734. The molecule has 106 valence electrons. The van der Waals surface area contributed by atoms with Gasteiger partial charge in [0, 0.05) is 10.6 Å². The standard InChI is InChI=1S/C16H20N2S2/c1-3-12(2)13-6-8-14(9-7-13)18-16(19)17-11-15-5-4-10-20-15/h4-10,12H,3,11H2,1-2H3,(H2,17,18,19)/t12-/m0/s1. The molecule has 1 heterocycles. The molecular formula is C16H20N2S2. The van der Waals surface area contributed by atoms with Crippen LogP contribution in [0.2, 0.25) is 0 Å². The summed E-state index contributed by atoms with van der Waals surface area (Å²) < 4.78 is 0. The summed E-state index contributed by atoms with van der Waals surface area (Å²) in [4.78, 5) is 1.28. The van der Waals surface area contributed by atoms with Gasteiger partial charge >= 0.3 is 0 Å². The first kappa shape index (κ1) is 15.0. The number of nitrogens with one attached hydrogen (secondary N) is 2. The normalized spacial score (nSPS) is 11.9. The van der Waals surface area contributed by atoms with Gasteiger partial charge in [-0.15, -0.1) is 11.3 Å². The first-order chi connectivity index (χ1) is 9.69. The summed E-state index contributed by atoms with van der Waals surface area (Å²) in [7, 11) is 0. The molecule has 0 radical (unpaired) electrons. The fourth-order valence-electron chi connectivity index (χ4n) is 1.89. The molecule has 0 unspecified atom stereocenters. The number of thiocarbonyl (C=S) groups is 1. The molecule has 0 saturated carbocycles. The third-order valence-electron chi connectivity index (χ3n) is 3.35. The third-order valence-corrected chi connectivity index (χ3v) is 4.48. The lowest BCUT2D eigenvalue weighted by Gasteiger charge is -2.12. The highest BCUT2D eigenvalue weighted by molar-refractivity contribution is 7.80. The van der Waals surface area contributed by atoms with Crippen molar-refractivity contribution in [2.45, 2.75) is 32.7 Å². The monoisotopic (exact) mass is 304 g/mol. The quantitative estimate of drug-likeness (QED) is 0.780. The molecule has 4 heteroatoms. The lowest BCUT2D eigenvalue weighted by atomic mass is 9.99. The van der Waals surface area contributed by atoms with E-state index in [0.717, 1.165) is 18.7 Å². The zero-order valence-electron chi connectivity index (χ0n) is 11.8. The Kier molecular flexibility index (Phi) is 5.56. The highest BCUT2D eigenvalue weighted by Crippen LogP contribution is 2.20. The summed E-state index contributed by atoms with van der Waals surface area (Å²) >= 11 is 7.03. The van der Waals surface area contributed by atoms with Crippen molar-refractivity contribution in [3.05, 3.63) is 52.2 Å². The summed E-state index contributed by atoms with van der Waals surface area (Å²) in [5.74, 6) is 0.605. The van der Waals surface area contributed by atoms with Gasteiger partial charge in [0.2, 0.25) is 0 Å². The van der Waals surface area contributed by atoms with Crippen molar-refractivity contribution < 1.29 is 0 Å². The molecule has 1 aromatic carbocycles. The summed E-state index contributed by atoms with van der Waals surface area (Å²) in [6.07, 6.45) is 1.16. The number of hydrogen-bond donors (Lipinski definition) is 2. The van der Waals surface area contributed by atoms with Gasteiger partial charge in [-0.2, -0.15) is 0 Å². The molecule has 1 aromatic heterocycles. The van der Waals surface area contributed by atoms with Crippen LogP contribution in [-0.2, 0) is 6.54 Å². The van der Waals surface area contributed by atoms with Gasteiger partial charge in [0.15, 0.2) is 5.11 Å². The first-order valence-electron chi connectivity index (χ1n) is 6.86. The van der Waals surface area contributed by atoms with E-state index in [1.807, 2.05) is 6.07 Å². The molecule has 1 atom stereocenters. The van der Waals surface area contributed by atoms with Gasteiger partial charge in [0.1, 0.15) is 0 Å². The van der Waals surface area contributed by atoms with Crippen LogP contribution in [0.15, 0.2) is 41.8 Å². The molecule has 0 bridgehead atoms. The maximum absolute atomic E-state index is 5.30. The maximum atomic E-state index is 5.30. The van der Waals surface area contributed by atoms with Crippen LogP contribution in [0.5, 0.6) is 0 Å². The van der Waals surface area contributed by atoms with Crippen LogP contribution >= 0.6 is 23.6 Å². The topological polar surface area (TPSA) is 24.1 Å². The molecule has 20 heavy (non-hydrogen) atoms. The predicted molar refractivity (Wildman–Crippen MR) is 92.5 cm³/mol. The van der Waals surface area contributed by atoms with E-state index in [0.29, 0.717) is 11.0 Å². The molecule has 0 aliphatic rings. The number of anilines is 1. The molecule has 0 aliphatic heterocycles. The second-order valence-electron chi connectivity index (χ2n) is 4.82. The Morgan fingerprint density at radius 2 is 2.00 bits per heavy atom. The predicted octanol–water partition coefficient (Wildman–Crippen LogP) is 4.75. The van der Waals surface area contributed by atoms with Crippen molar-refractivity contribution in [3.8, 4) is 0 Å². The van der Waals surface area contributed by atoms with E-state index in [9.17, 15) is 0 Å². The lowest BCUT2D eigenvalue weighted by Crippen LogP contribution is -2.27. The molecule has 0 fully saturated rings. The molecular weight excluding hydrogens is 284 g/mol. The maximum Gasteiger partial charge on any atom is 0.171 e. The summed E-state index contributed by atoms with van der Waals surface area (Å²) in [5.41, 5.74) is 2.40. The Morgan fingerprint density at radius 3 is 2.60 bits per heavy atom. The summed E-state index contributed by atoms with van der Waals surface area (Å²) in [5, 5.41) is 9.16. The van der Waals surface area contributed by atoms with Crippen molar-refractivity contribution in [2.75, 3.05) is 5.32 Å². The zero-order valence-corrected chi connectivity index (χ0v) is 13.5. The highest BCUT2D eigenvalue weighted by Gasteiger charge is 2.03. The Balaban J connectivity index is 1.84. The number of hydrogen-bond acceptors (Lipinski definition) is 2. The van der Waals surface area contributed by atoms with E-state index in [4.69, 9.17) is 12.2 Å². The molecule has 2 N–H and O–H groups in total. The van der Waals surface area contributed by atoms with E-state index < -0.39 is 0 Å². The van der Waals surface area contributed by atoms with E-state index in [2.05, 4.69) is 60.2 Å². The van der Waals surface area contributed by atoms with Gasteiger partial charge in [0.05, 0.1) is 6.54 Å². The fraction of sp³-hybridized carbons (Fsp3) is 0.312. The number of benzene rings is 1. The van der Waals surface area contributed by atoms with E-state index in [1.54, 1.807) is 11.3 Å². The van der Waals surface area contributed by atoms with E-state index in [1.165, 1.54) is 10.4 Å². The van der Waals surface area contributed by atoms with Gasteiger partial charge in [-0.25, -0.2) is 0 Å². The minimum absolute atomic E-state index is 0.605. The number of rotatable bonds is 5. The van der Waals surface area contributed by atoms with Crippen LogP contribution in [-0.4, -0.2) is 5.11 Å². The highest BCUT2D eigenvalue weighted by atomic mass is 32.1. The Morgan fingerprint density at radius 1 is 1.25 bits per heavy atom. The fourth-order valence-corrected chi connectivity index (χ4v) is 2.72. The summed E-state index contributed by atoms with van der Waals surface area (Å²) in [6, 6.07) is 12.6. The smallest absolute Gasteiger partial charge is 0.171 e. The second-order valence-corrected chi connectivity index (χ2v) is 6.26. The largest absolute Gasteiger partial charge is 0.358 e. The average Bonchev–Trinajstić information content (AvgIpc) is 2.98. The van der Waals surface area contributed by atoms with E-state index >= 15 is 0 Å². The molecule has 0 saturated heterocycles. The van der Waals surface area contributed by atoms with Crippen LogP contribution in [0.1, 0.15) is 36.6 Å². The van der Waals surface area contributed by atoms with Crippen molar-refractivity contribution in [2.24, 2.45) is 0 Å². The van der Waals surface area contributed by atoms with Crippen molar-refractivity contribution in [3.63, 3.8) is 0 Å². The van der Waals surface area contributed by atoms with Crippen LogP contribution in [0.4, 0.5) is 5.69 Å². The van der Waals surface area contributed by atoms with Crippen molar-refractivity contribution >= 4 is 34.4 Å². The van der Waals surface area contributed by atoms with Gasteiger partial charge in [-0.3, -0.25) is 0 Å². The molecule has 2 rings (SSSR count). The molecule has 0 amide bonds.